The molecule has 6 heteroatoms. The number of aliphatic imine (C=N–C) groups is 1. The number of aryl methyl sites for hydroxylation is 4. The molecule has 5 aromatic carbocycles. The van der Waals surface area contributed by atoms with Gasteiger partial charge in [-0.05, 0) is 132 Å². The molecule has 9 rings (SSSR count). The number of nitrogens with zero attached hydrogens (tertiary/aromatic N) is 4. The zero-order valence-electron chi connectivity index (χ0n) is 44.0. The van der Waals surface area contributed by atoms with Crippen molar-refractivity contribution in [1.29, 1.82) is 0 Å². The average molecular weight is 1080 g/mol. The number of amidine groups is 1. The molecule has 1 aromatic heterocycles. The first-order valence-corrected chi connectivity index (χ1v) is 24.6. The number of benzene rings is 5. The maximum absolute atomic E-state index is 7.21. The van der Waals surface area contributed by atoms with Gasteiger partial charge in [0.05, 0.1) is 16.9 Å². The SMILES string of the molecule is Cc1ccc2c(c1)C(C)(C)c1cc(C)c(Oc3[c-]c(C4=N[C@]5(C)c6cc(C)c(C)cc6C[C@]5(C)N4c4c(C(C)C)cccc4C(C)C)cc(C(C)(C)C)c3)[c-]c1N2c1cc(C(C)(C)C)ccn1.[Pt+2]. The van der Waals surface area contributed by atoms with Gasteiger partial charge in [0.15, 0.2) is 0 Å². The summed E-state index contributed by atoms with van der Waals surface area (Å²) in [5.74, 6) is 3.73. The number of aromatic nitrogens is 1. The van der Waals surface area contributed by atoms with E-state index in [4.69, 9.17) is 14.7 Å². The number of rotatable bonds is 7. The van der Waals surface area contributed by atoms with Crippen LogP contribution in [-0.4, -0.2) is 16.4 Å². The first-order chi connectivity index (χ1) is 31.2. The summed E-state index contributed by atoms with van der Waals surface area (Å²) >= 11 is 0. The van der Waals surface area contributed by atoms with E-state index in [2.05, 4.69) is 225 Å². The fraction of sp³-hybridized carbons (Fsp3) is 0.419. The van der Waals surface area contributed by atoms with Crippen LogP contribution in [0.4, 0.5) is 22.9 Å². The van der Waals surface area contributed by atoms with Gasteiger partial charge >= 0.3 is 21.1 Å². The van der Waals surface area contributed by atoms with Gasteiger partial charge in [-0.25, -0.2) is 4.98 Å². The van der Waals surface area contributed by atoms with Crippen LogP contribution in [0.2, 0.25) is 0 Å². The van der Waals surface area contributed by atoms with Gasteiger partial charge in [-0.2, -0.15) is 6.07 Å². The molecule has 0 N–H and O–H groups in total. The summed E-state index contributed by atoms with van der Waals surface area (Å²) in [4.78, 5) is 16.0. The van der Waals surface area contributed by atoms with Gasteiger partial charge in [-0.1, -0.05) is 156 Å². The van der Waals surface area contributed by atoms with Crippen LogP contribution in [0.15, 0.2) is 90.1 Å². The predicted molar refractivity (Wildman–Crippen MR) is 281 cm³/mol. The van der Waals surface area contributed by atoms with E-state index in [-0.39, 0.29) is 37.3 Å². The standard InChI is InChI=1S/C62H72N4O.Pt/c1-36(2)47-20-19-21-48(37(3)4)56(47)66-57(64-62(18)49-28-40(7)39(6)27-43(49)35-61(62,66)17)42-30-45(59(12,13)14)32-46(31-42)67-54-34-53-51(29-41(54)8)60(15,16)50-26-38(5)22-23-52(50)65(53)55-33-44(24-25-63-55)58(9,10)11;/h19-30,32-33,36-37H,35H2,1-18H3;/q-2;+2/t61-,62+;/m0./s1. The third-order valence-corrected chi connectivity index (χ3v) is 15.6. The minimum absolute atomic E-state index is 0. The van der Waals surface area contributed by atoms with E-state index < -0.39 is 11.1 Å². The summed E-state index contributed by atoms with van der Waals surface area (Å²) in [7, 11) is 0. The Labute approximate surface area is 423 Å². The molecule has 2 aliphatic heterocycles. The normalized spacial score (nSPS) is 19.4. The van der Waals surface area contributed by atoms with Crippen molar-refractivity contribution in [3.63, 3.8) is 0 Å². The van der Waals surface area contributed by atoms with E-state index in [1.165, 1.54) is 61.3 Å². The van der Waals surface area contributed by atoms with Gasteiger partial charge in [-0.15, -0.1) is 34.4 Å². The van der Waals surface area contributed by atoms with E-state index in [0.717, 1.165) is 46.1 Å². The summed E-state index contributed by atoms with van der Waals surface area (Å²) in [6.45, 7) is 41.2. The molecule has 0 saturated carbocycles. The van der Waals surface area contributed by atoms with Crippen molar-refractivity contribution in [2.24, 2.45) is 4.99 Å². The second-order valence-corrected chi connectivity index (χ2v) is 23.7. The molecule has 0 spiro atoms. The molecule has 0 saturated heterocycles. The quantitative estimate of drug-likeness (QED) is 0.149. The molecular weight excluding hydrogens is 1010 g/mol. The Morgan fingerprint density at radius 1 is 0.676 bits per heavy atom. The summed E-state index contributed by atoms with van der Waals surface area (Å²) in [6, 6.07) is 37.5. The fourth-order valence-electron chi connectivity index (χ4n) is 11.1. The molecular formula is C62H72N4OPt. The summed E-state index contributed by atoms with van der Waals surface area (Å²) in [5.41, 5.74) is 17.9. The van der Waals surface area contributed by atoms with Crippen molar-refractivity contribution >= 4 is 28.7 Å². The number of ether oxygens (including phenoxy) is 1. The Kier molecular flexibility index (Phi) is 12.3. The van der Waals surface area contributed by atoms with Gasteiger partial charge in [0.25, 0.3) is 0 Å². The first kappa shape index (κ1) is 49.4. The number of fused-ring (bicyclic) bond motifs is 5. The largest absolute Gasteiger partial charge is 2.00 e. The van der Waals surface area contributed by atoms with Crippen LogP contribution in [0.25, 0.3) is 0 Å². The number of para-hydroxylation sites is 1. The maximum atomic E-state index is 7.21. The Bertz CT molecular complexity index is 2990. The van der Waals surface area contributed by atoms with Crippen molar-refractivity contribution < 1.29 is 25.8 Å². The van der Waals surface area contributed by atoms with E-state index in [0.29, 0.717) is 23.3 Å². The number of pyridine rings is 1. The fourth-order valence-corrected chi connectivity index (χ4v) is 11.1. The maximum Gasteiger partial charge on any atom is 2.00 e. The van der Waals surface area contributed by atoms with E-state index in [9.17, 15) is 0 Å². The zero-order valence-corrected chi connectivity index (χ0v) is 46.2. The van der Waals surface area contributed by atoms with Crippen molar-refractivity contribution in [3.05, 3.63) is 170 Å². The summed E-state index contributed by atoms with van der Waals surface area (Å²) in [5, 5.41) is 0. The van der Waals surface area contributed by atoms with E-state index >= 15 is 0 Å². The Morgan fingerprint density at radius 2 is 1.31 bits per heavy atom. The van der Waals surface area contributed by atoms with E-state index in [1.54, 1.807) is 0 Å². The van der Waals surface area contributed by atoms with Crippen LogP contribution in [0.1, 0.15) is 181 Å². The summed E-state index contributed by atoms with van der Waals surface area (Å²) in [6.07, 6.45) is 2.82. The molecule has 356 valence electrons. The minimum atomic E-state index is -0.520. The molecule has 5 nitrogen and oxygen atoms in total. The molecule has 3 aliphatic rings. The molecule has 0 fully saturated rings. The zero-order chi connectivity index (χ0) is 48.5. The van der Waals surface area contributed by atoms with Crippen LogP contribution >= 0.6 is 0 Å². The molecule has 0 radical (unpaired) electrons. The molecule has 6 aromatic rings. The van der Waals surface area contributed by atoms with Crippen LogP contribution in [0.3, 0.4) is 0 Å². The Morgan fingerprint density at radius 3 is 1.94 bits per heavy atom. The second-order valence-electron chi connectivity index (χ2n) is 23.7. The van der Waals surface area contributed by atoms with Gasteiger partial charge in [0, 0.05) is 29.1 Å². The minimum Gasteiger partial charge on any atom is -0.503 e. The number of anilines is 4. The topological polar surface area (TPSA) is 41.0 Å². The van der Waals surface area contributed by atoms with Gasteiger partial charge in [0.2, 0.25) is 0 Å². The average Bonchev–Trinajstić information content (AvgIpc) is 3.60. The molecule has 0 bridgehead atoms. The number of hydrogen-bond acceptors (Lipinski definition) is 5. The van der Waals surface area contributed by atoms with E-state index in [1.807, 2.05) is 6.20 Å². The van der Waals surface area contributed by atoms with Crippen LogP contribution in [0.5, 0.6) is 11.5 Å². The van der Waals surface area contributed by atoms with Gasteiger partial charge in [-0.3, -0.25) is 0 Å². The second kappa shape index (κ2) is 16.9. The molecule has 0 amide bonds. The first-order valence-electron chi connectivity index (χ1n) is 24.6. The third kappa shape index (κ3) is 7.88. The van der Waals surface area contributed by atoms with Crippen molar-refractivity contribution in [3.8, 4) is 11.5 Å². The predicted octanol–water partition coefficient (Wildman–Crippen LogP) is 16.2. The van der Waals surface area contributed by atoms with Crippen LogP contribution in [0, 0.1) is 39.8 Å². The third-order valence-electron chi connectivity index (χ3n) is 15.6. The van der Waals surface area contributed by atoms with Crippen LogP contribution in [-0.2, 0) is 49.3 Å². The van der Waals surface area contributed by atoms with Crippen molar-refractivity contribution in [1.82, 2.24) is 4.98 Å². The summed E-state index contributed by atoms with van der Waals surface area (Å²) < 4.78 is 7.21. The van der Waals surface area contributed by atoms with Gasteiger partial charge < -0.3 is 19.5 Å². The number of hydrogen-bond donors (Lipinski definition) is 0. The molecule has 3 heterocycles. The smallest absolute Gasteiger partial charge is 0.503 e. The van der Waals surface area contributed by atoms with Crippen molar-refractivity contribution in [2.75, 3.05) is 9.80 Å². The molecule has 68 heavy (non-hydrogen) atoms. The molecule has 2 atom stereocenters. The monoisotopic (exact) mass is 1080 g/mol. The molecule has 0 unspecified atom stereocenters. The van der Waals surface area contributed by atoms with Crippen LogP contribution < -0.4 is 14.5 Å². The molecule has 1 aliphatic carbocycles. The Hall–Kier alpha value is -4.99. The Balaban J connectivity index is 0.00000625. The van der Waals surface area contributed by atoms with Gasteiger partial charge in [0.1, 0.15) is 5.82 Å². The van der Waals surface area contributed by atoms with Crippen molar-refractivity contribution in [2.45, 2.75) is 170 Å².